The van der Waals surface area contributed by atoms with E-state index in [4.69, 9.17) is 0 Å². The minimum Gasteiger partial charge on any atom is -0.523 e. The Balaban J connectivity index is 1.66. The molecule has 0 aromatic carbocycles. The summed E-state index contributed by atoms with van der Waals surface area (Å²) < 4.78 is 0. The molecule has 1 N–H and O–H groups in total. The Hall–Kier alpha value is 0.0249. The first-order chi connectivity index (χ1) is 8.40. The molecular formula is C15H28BN. The summed E-state index contributed by atoms with van der Waals surface area (Å²) >= 11 is 0. The van der Waals surface area contributed by atoms with Crippen molar-refractivity contribution < 1.29 is 4.81 Å². The maximum absolute atomic E-state index is 2.15. The predicted octanol–water partition coefficient (Wildman–Crippen LogP) is 2.74. The van der Waals surface area contributed by atoms with Crippen LogP contribution in [0.4, 0.5) is 0 Å². The van der Waals surface area contributed by atoms with Crippen LogP contribution in [0.25, 0.3) is 0 Å². The molecule has 3 saturated heterocycles. The van der Waals surface area contributed by atoms with Crippen molar-refractivity contribution in [2.24, 2.45) is 5.92 Å². The molecule has 3 heterocycles. The van der Waals surface area contributed by atoms with Gasteiger partial charge in [0, 0.05) is 19.0 Å². The zero-order valence-corrected chi connectivity index (χ0v) is 11.3. The summed E-state index contributed by atoms with van der Waals surface area (Å²) in [6.07, 6.45) is 17.5. The lowest BCUT2D eigenvalue weighted by molar-refractivity contribution is -0.805. The van der Waals surface area contributed by atoms with Crippen molar-refractivity contribution in [1.82, 2.24) is 0 Å². The molecule has 0 aromatic rings. The van der Waals surface area contributed by atoms with E-state index in [1.54, 1.807) is 77.0 Å². The van der Waals surface area contributed by atoms with Gasteiger partial charge in [0.15, 0.2) is 0 Å². The van der Waals surface area contributed by atoms with E-state index in [1.165, 1.54) is 5.82 Å². The van der Waals surface area contributed by atoms with Crippen LogP contribution >= 0.6 is 0 Å². The normalized spacial score (nSPS) is 53.6. The molecule has 0 radical (unpaired) electrons. The number of nitrogens with one attached hydrogen (secondary N) is 1. The summed E-state index contributed by atoms with van der Waals surface area (Å²) in [6, 6.07) is 1.11. The molecule has 96 valence electrons. The molecule has 2 heteroatoms. The summed E-state index contributed by atoms with van der Waals surface area (Å²) in [4.78, 5) is 2.15. The topological polar surface area (TPSA) is 4.44 Å². The molecule has 17 heavy (non-hydrogen) atoms. The van der Waals surface area contributed by atoms with Crippen molar-refractivity contribution in [2.75, 3.05) is 6.54 Å². The highest BCUT2D eigenvalue weighted by Gasteiger charge is 2.55. The molecule has 1 aliphatic carbocycles. The van der Waals surface area contributed by atoms with Crippen molar-refractivity contribution in [2.45, 2.75) is 82.3 Å². The fraction of sp³-hybridized carbons (Fsp3) is 1.00. The lowest BCUT2D eigenvalue weighted by Gasteiger charge is -2.55. The number of hydrogen-bond donors (Lipinski definition) is 1. The van der Waals surface area contributed by atoms with E-state index in [-0.39, 0.29) is 6.28 Å². The van der Waals surface area contributed by atoms with E-state index < -0.39 is 0 Å². The molecule has 0 amide bonds. The maximum atomic E-state index is 2.15. The first-order valence-corrected chi connectivity index (χ1v) is 8.46. The summed E-state index contributed by atoms with van der Waals surface area (Å²) in [5, 5.41) is 0. The Kier molecular flexibility index (Phi) is 2.57. The van der Waals surface area contributed by atoms with E-state index >= 15 is 0 Å². The molecular weight excluding hydrogens is 205 g/mol. The number of hydrogen-bond acceptors (Lipinski definition) is 0. The van der Waals surface area contributed by atoms with Crippen molar-refractivity contribution in [3.63, 3.8) is 0 Å². The lowest BCUT2D eigenvalue weighted by atomic mass is 9.19. The van der Waals surface area contributed by atoms with E-state index in [0.29, 0.717) is 0 Å². The Morgan fingerprint density at radius 1 is 0.765 bits per heavy atom. The molecule has 4 fully saturated rings. The third kappa shape index (κ3) is 1.49. The van der Waals surface area contributed by atoms with E-state index in [0.717, 1.165) is 12.0 Å². The van der Waals surface area contributed by atoms with Gasteiger partial charge in [-0.3, -0.25) is 0 Å². The minimum atomic E-state index is 0.0275. The van der Waals surface area contributed by atoms with Crippen LogP contribution in [-0.4, -0.2) is 18.9 Å². The number of fused-ring (bicyclic) bond motifs is 4. The van der Waals surface area contributed by atoms with Gasteiger partial charge in [-0.15, -0.1) is 18.5 Å². The summed E-state index contributed by atoms with van der Waals surface area (Å²) in [7, 11) is 0. The Labute approximate surface area is 106 Å². The standard InChI is InChI=1S/C15H28BN/c1-2-8-15-13(5-1)6-3-10-16(15)11-9-14-7-4-12-17(14)16/h13-15,17H,1-12H2/t13-,14-,15?,16?/m0/s1. The molecule has 3 unspecified atom stereocenters. The fourth-order valence-electron chi connectivity index (χ4n) is 6.92. The van der Waals surface area contributed by atoms with Crippen LogP contribution < -0.4 is 4.81 Å². The van der Waals surface area contributed by atoms with Gasteiger partial charge in [0.05, 0.1) is 0 Å². The van der Waals surface area contributed by atoms with Crippen molar-refractivity contribution in [3.05, 3.63) is 0 Å². The summed E-state index contributed by atoms with van der Waals surface area (Å²) in [6.45, 7) is 1.55. The molecule has 1 spiro atoms. The Morgan fingerprint density at radius 3 is 2.65 bits per heavy atom. The monoisotopic (exact) mass is 233 g/mol. The third-order valence-electron chi connectivity index (χ3n) is 7.39. The smallest absolute Gasteiger partial charge is 0.211 e. The zero-order chi connectivity index (χ0) is 11.3. The molecule has 0 aromatic heterocycles. The molecule has 4 rings (SSSR count). The van der Waals surface area contributed by atoms with E-state index in [1.807, 2.05) is 0 Å². The van der Waals surface area contributed by atoms with E-state index in [2.05, 4.69) is 4.81 Å². The first kappa shape index (κ1) is 10.9. The van der Waals surface area contributed by atoms with Gasteiger partial charge in [-0.05, 0) is 12.8 Å². The molecule has 0 bridgehead atoms. The fourth-order valence-corrected chi connectivity index (χ4v) is 6.92. The average molecular weight is 233 g/mol. The van der Waals surface area contributed by atoms with Gasteiger partial charge in [0.1, 0.15) is 0 Å². The Morgan fingerprint density at radius 2 is 1.65 bits per heavy atom. The van der Waals surface area contributed by atoms with Crippen LogP contribution in [0.15, 0.2) is 0 Å². The van der Waals surface area contributed by atoms with Crippen LogP contribution in [-0.2, 0) is 0 Å². The van der Waals surface area contributed by atoms with Crippen molar-refractivity contribution in [1.29, 1.82) is 0 Å². The third-order valence-corrected chi connectivity index (χ3v) is 7.39. The quantitative estimate of drug-likeness (QED) is 0.613. The highest BCUT2D eigenvalue weighted by molar-refractivity contribution is 6.74. The second kappa shape index (κ2) is 4.01. The molecule has 3 aliphatic heterocycles. The van der Waals surface area contributed by atoms with Crippen molar-refractivity contribution >= 4 is 6.28 Å². The molecule has 4 aliphatic rings. The van der Waals surface area contributed by atoms with E-state index in [9.17, 15) is 0 Å². The van der Waals surface area contributed by atoms with Gasteiger partial charge < -0.3 is 4.81 Å². The lowest BCUT2D eigenvalue weighted by Crippen LogP contribution is -3.22. The maximum Gasteiger partial charge on any atom is 0.211 e. The highest BCUT2D eigenvalue weighted by atomic mass is 15.2. The number of quaternary nitrogens is 1. The van der Waals surface area contributed by atoms with Gasteiger partial charge >= 0.3 is 0 Å². The van der Waals surface area contributed by atoms with Crippen LogP contribution in [0.5, 0.6) is 0 Å². The second-order valence-electron chi connectivity index (χ2n) is 7.72. The van der Waals surface area contributed by atoms with Gasteiger partial charge in [0.2, 0.25) is 6.28 Å². The Bertz CT molecular complexity index is 299. The summed E-state index contributed by atoms with van der Waals surface area (Å²) in [5.74, 6) is 2.35. The van der Waals surface area contributed by atoms with Crippen LogP contribution in [0, 0.1) is 5.92 Å². The molecule has 5 atom stereocenters. The van der Waals surface area contributed by atoms with Gasteiger partial charge in [-0.25, -0.2) is 0 Å². The molecule has 1 saturated carbocycles. The van der Waals surface area contributed by atoms with Gasteiger partial charge in [-0.1, -0.05) is 44.4 Å². The molecule has 1 nitrogen and oxygen atoms in total. The minimum absolute atomic E-state index is 0.0275. The average Bonchev–Trinajstić information content (AvgIpc) is 2.95. The largest absolute Gasteiger partial charge is 0.523 e. The number of rotatable bonds is 0. The first-order valence-electron chi connectivity index (χ1n) is 8.46. The zero-order valence-electron chi connectivity index (χ0n) is 11.3. The van der Waals surface area contributed by atoms with Gasteiger partial charge in [-0.2, -0.15) is 0 Å². The van der Waals surface area contributed by atoms with Crippen LogP contribution in [0.2, 0.25) is 18.5 Å². The van der Waals surface area contributed by atoms with Crippen LogP contribution in [0.1, 0.15) is 57.8 Å². The van der Waals surface area contributed by atoms with Gasteiger partial charge in [0.25, 0.3) is 0 Å². The van der Waals surface area contributed by atoms with Crippen LogP contribution in [0.3, 0.4) is 0 Å². The summed E-state index contributed by atoms with van der Waals surface area (Å²) in [5.41, 5.74) is 0. The van der Waals surface area contributed by atoms with Crippen molar-refractivity contribution in [3.8, 4) is 0 Å². The predicted molar refractivity (Wildman–Crippen MR) is 73.8 cm³/mol. The highest BCUT2D eigenvalue weighted by Crippen LogP contribution is 2.51. The SMILES string of the molecule is C1CC[C@H]2CCC[B-]3(CC[C@@H]4CCC[NH+]43)C2C1. The second-order valence-corrected chi connectivity index (χ2v) is 7.72.